The van der Waals surface area contributed by atoms with Gasteiger partial charge in [-0.25, -0.2) is 0 Å². The van der Waals surface area contributed by atoms with Crippen molar-refractivity contribution in [1.82, 2.24) is 4.98 Å². The number of hydrogen-bond acceptors (Lipinski definition) is 4. The number of hydrogen-bond donors (Lipinski definition) is 1. The molecule has 2 aromatic rings. The van der Waals surface area contributed by atoms with Gasteiger partial charge in [-0.2, -0.15) is 0 Å². The molecule has 2 rings (SSSR count). The normalized spacial score (nSPS) is 12.0. The Hall–Kier alpha value is -1.11. The van der Waals surface area contributed by atoms with Crippen molar-refractivity contribution >= 4 is 31.9 Å². The summed E-state index contributed by atoms with van der Waals surface area (Å²) in [6.45, 7) is 0. The second-order valence-electron chi connectivity index (χ2n) is 4.46. The lowest BCUT2D eigenvalue weighted by Gasteiger charge is -2.16. The molecule has 1 aromatic carbocycles. The lowest BCUT2D eigenvalue weighted by molar-refractivity contribution is 0.177. The first kappa shape index (κ1) is 16.3. The van der Waals surface area contributed by atoms with E-state index in [0.29, 0.717) is 17.9 Å². The van der Waals surface area contributed by atoms with Crippen LogP contribution in [0.2, 0.25) is 0 Å². The first-order valence-corrected chi connectivity index (χ1v) is 7.82. The van der Waals surface area contributed by atoms with Crippen LogP contribution in [-0.2, 0) is 6.42 Å². The summed E-state index contributed by atoms with van der Waals surface area (Å²) in [7, 11) is 3.15. The molecule has 1 N–H and O–H groups in total. The third-order valence-corrected chi connectivity index (χ3v) is 4.17. The Morgan fingerprint density at radius 3 is 2.38 bits per heavy atom. The van der Waals surface area contributed by atoms with E-state index in [1.54, 1.807) is 38.7 Å². The van der Waals surface area contributed by atoms with Crippen LogP contribution >= 0.6 is 31.9 Å². The molecule has 112 valence electrons. The topological polar surface area (TPSA) is 51.6 Å². The van der Waals surface area contributed by atoms with Crippen LogP contribution in [-0.4, -0.2) is 24.3 Å². The highest BCUT2D eigenvalue weighted by molar-refractivity contribution is 9.10. The van der Waals surface area contributed by atoms with Crippen LogP contribution in [0.4, 0.5) is 0 Å². The summed E-state index contributed by atoms with van der Waals surface area (Å²) in [6.07, 6.45) is 3.24. The number of benzene rings is 1. The van der Waals surface area contributed by atoms with Crippen molar-refractivity contribution in [2.24, 2.45) is 0 Å². The maximum atomic E-state index is 10.5. The molecule has 1 aromatic heterocycles. The number of ether oxygens (including phenoxy) is 2. The smallest absolute Gasteiger partial charge is 0.161 e. The van der Waals surface area contributed by atoms with Crippen molar-refractivity contribution in [1.29, 1.82) is 0 Å². The highest BCUT2D eigenvalue weighted by Crippen LogP contribution is 2.36. The Morgan fingerprint density at radius 2 is 1.76 bits per heavy atom. The van der Waals surface area contributed by atoms with Crippen molar-refractivity contribution < 1.29 is 14.6 Å². The van der Waals surface area contributed by atoms with Gasteiger partial charge in [0, 0.05) is 27.8 Å². The molecular weight excluding hydrogens is 402 g/mol. The van der Waals surface area contributed by atoms with Gasteiger partial charge in [-0.3, -0.25) is 4.98 Å². The average Bonchev–Trinajstić information content (AvgIpc) is 2.46. The summed E-state index contributed by atoms with van der Waals surface area (Å²) in [5, 5.41) is 10.5. The van der Waals surface area contributed by atoms with Crippen molar-refractivity contribution in [3.05, 3.63) is 50.7 Å². The fourth-order valence-corrected chi connectivity index (χ4v) is 3.02. The summed E-state index contributed by atoms with van der Waals surface area (Å²) >= 11 is 6.83. The van der Waals surface area contributed by atoms with Gasteiger partial charge >= 0.3 is 0 Å². The summed E-state index contributed by atoms with van der Waals surface area (Å²) in [5.41, 5.74) is 1.69. The number of pyridine rings is 1. The Bertz CT molecular complexity index is 634. The zero-order valence-electron chi connectivity index (χ0n) is 11.6. The molecule has 0 fully saturated rings. The van der Waals surface area contributed by atoms with Gasteiger partial charge in [-0.05, 0) is 45.3 Å². The van der Waals surface area contributed by atoms with Crippen molar-refractivity contribution in [3.8, 4) is 11.5 Å². The van der Waals surface area contributed by atoms with Crippen LogP contribution in [0.15, 0.2) is 39.5 Å². The zero-order valence-corrected chi connectivity index (χ0v) is 14.8. The van der Waals surface area contributed by atoms with Gasteiger partial charge in [0.25, 0.3) is 0 Å². The molecule has 4 nitrogen and oxygen atoms in total. The van der Waals surface area contributed by atoms with Crippen molar-refractivity contribution in [3.63, 3.8) is 0 Å². The summed E-state index contributed by atoms with van der Waals surface area (Å²) in [4.78, 5) is 4.10. The molecule has 0 aliphatic heterocycles. The lowest BCUT2D eigenvalue weighted by atomic mass is 10.0. The average molecular weight is 417 g/mol. The summed E-state index contributed by atoms with van der Waals surface area (Å²) < 4.78 is 12.2. The minimum absolute atomic E-state index is 0.459. The predicted molar refractivity (Wildman–Crippen MR) is 87.8 cm³/mol. The number of aliphatic hydroxyl groups is 1. The van der Waals surface area contributed by atoms with E-state index < -0.39 is 6.10 Å². The van der Waals surface area contributed by atoms with E-state index in [4.69, 9.17) is 9.47 Å². The lowest BCUT2D eigenvalue weighted by Crippen LogP contribution is -2.04. The highest BCUT2D eigenvalue weighted by atomic mass is 79.9. The second-order valence-corrected chi connectivity index (χ2v) is 6.23. The standard InChI is InChI=1S/C15H15Br2NO3/c1-20-14-5-11(12(17)6-15(14)21-2)13(19)4-9-3-10(16)8-18-7-9/h3,5-8,13,19H,4H2,1-2H3. The molecule has 0 aliphatic rings. The second kappa shape index (κ2) is 7.24. The molecule has 6 heteroatoms. The molecule has 1 unspecified atom stereocenters. The maximum Gasteiger partial charge on any atom is 0.161 e. The molecule has 0 spiro atoms. The molecule has 1 heterocycles. The van der Waals surface area contributed by atoms with Gasteiger partial charge < -0.3 is 14.6 Å². The third-order valence-electron chi connectivity index (χ3n) is 3.05. The van der Waals surface area contributed by atoms with E-state index in [9.17, 15) is 5.11 Å². The Kier molecular flexibility index (Phi) is 5.61. The molecule has 0 radical (unpaired) electrons. The summed E-state index contributed by atoms with van der Waals surface area (Å²) in [6, 6.07) is 5.50. The zero-order chi connectivity index (χ0) is 15.4. The van der Waals surface area contributed by atoms with Gasteiger partial charge in [0.05, 0.1) is 20.3 Å². The molecule has 21 heavy (non-hydrogen) atoms. The van der Waals surface area contributed by atoms with Gasteiger partial charge in [0.1, 0.15) is 0 Å². The third kappa shape index (κ3) is 3.96. The van der Waals surface area contributed by atoms with E-state index in [1.807, 2.05) is 6.07 Å². The van der Waals surface area contributed by atoms with Crippen LogP contribution in [0.5, 0.6) is 11.5 Å². The fraction of sp³-hybridized carbons (Fsp3) is 0.267. The Labute approximate surface area is 140 Å². The quantitative estimate of drug-likeness (QED) is 0.802. The number of rotatable bonds is 5. The first-order chi connectivity index (χ1) is 10.0. The molecular formula is C15H15Br2NO3. The number of nitrogens with zero attached hydrogens (tertiary/aromatic N) is 1. The Morgan fingerprint density at radius 1 is 1.10 bits per heavy atom. The summed E-state index contributed by atoms with van der Waals surface area (Å²) in [5.74, 6) is 1.20. The van der Waals surface area contributed by atoms with Crippen LogP contribution in [0.25, 0.3) is 0 Å². The fourth-order valence-electron chi connectivity index (χ4n) is 2.03. The van der Waals surface area contributed by atoms with Crippen molar-refractivity contribution in [2.75, 3.05) is 14.2 Å². The van der Waals surface area contributed by atoms with E-state index in [2.05, 4.69) is 36.8 Å². The van der Waals surface area contributed by atoms with Gasteiger partial charge in [0.15, 0.2) is 11.5 Å². The SMILES string of the molecule is COc1cc(Br)c(C(O)Cc2cncc(Br)c2)cc1OC. The number of aromatic nitrogens is 1. The van der Waals surface area contributed by atoms with E-state index >= 15 is 0 Å². The monoisotopic (exact) mass is 415 g/mol. The maximum absolute atomic E-state index is 10.5. The predicted octanol–water partition coefficient (Wildman–Crippen LogP) is 3.90. The van der Waals surface area contributed by atoms with Gasteiger partial charge in [-0.15, -0.1) is 0 Å². The van der Waals surface area contributed by atoms with Crippen LogP contribution in [0.1, 0.15) is 17.2 Å². The Balaban J connectivity index is 2.28. The minimum atomic E-state index is -0.671. The van der Waals surface area contributed by atoms with Crippen molar-refractivity contribution in [2.45, 2.75) is 12.5 Å². The molecule has 0 aliphatic carbocycles. The van der Waals surface area contributed by atoms with Crippen LogP contribution < -0.4 is 9.47 Å². The molecule has 0 bridgehead atoms. The van der Waals surface area contributed by atoms with Gasteiger partial charge in [-0.1, -0.05) is 15.9 Å². The number of methoxy groups -OCH3 is 2. The largest absolute Gasteiger partial charge is 0.493 e. The molecule has 0 amide bonds. The molecule has 1 atom stereocenters. The van der Waals surface area contributed by atoms with Gasteiger partial charge in [0.2, 0.25) is 0 Å². The van der Waals surface area contributed by atoms with E-state index in [-0.39, 0.29) is 0 Å². The number of aliphatic hydroxyl groups excluding tert-OH is 1. The van der Waals surface area contributed by atoms with Crippen LogP contribution in [0.3, 0.4) is 0 Å². The molecule has 0 saturated heterocycles. The highest BCUT2D eigenvalue weighted by Gasteiger charge is 2.17. The minimum Gasteiger partial charge on any atom is -0.493 e. The van der Waals surface area contributed by atoms with Crippen LogP contribution in [0, 0.1) is 0 Å². The molecule has 0 saturated carbocycles. The first-order valence-electron chi connectivity index (χ1n) is 6.24. The van der Waals surface area contributed by atoms with E-state index in [0.717, 1.165) is 20.1 Å². The van der Waals surface area contributed by atoms with E-state index in [1.165, 1.54) is 0 Å². The number of halogens is 2.